The van der Waals surface area contributed by atoms with Crippen LogP contribution in [0, 0.1) is 5.41 Å². The molecule has 2 nitrogen and oxygen atoms in total. The molecule has 1 aromatic carbocycles. The Morgan fingerprint density at radius 2 is 1.95 bits per heavy atom. The molecule has 1 aromatic rings. The lowest BCUT2D eigenvalue weighted by Gasteiger charge is -2.43. The number of likely N-dealkylation sites (tertiary alicyclic amines) is 1. The van der Waals surface area contributed by atoms with Crippen LogP contribution in [0.5, 0.6) is 0 Å². The fraction of sp³-hybridized carbons (Fsp3) is 0.684. The first-order valence-corrected chi connectivity index (χ1v) is 8.70. The number of fused-ring (bicyclic) bond motifs is 1. The molecule has 3 fully saturated rings. The maximum Gasteiger partial charge on any atom is 0.0266 e. The van der Waals surface area contributed by atoms with Gasteiger partial charge in [0.2, 0.25) is 0 Å². The van der Waals surface area contributed by atoms with E-state index >= 15 is 0 Å². The van der Waals surface area contributed by atoms with Gasteiger partial charge in [0.15, 0.2) is 0 Å². The molecular weight excluding hydrogens is 256 g/mol. The molecule has 0 radical (unpaired) electrons. The third-order valence-electron chi connectivity index (χ3n) is 6.62. The minimum Gasteiger partial charge on any atom is -0.309 e. The van der Waals surface area contributed by atoms with E-state index in [1.807, 2.05) is 0 Å². The molecule has 1 saturated carbocycles. The highest BCUT2D eigenvalue weighted by molar-refractivity contribution is 5.20. The number of hydrogen-bond acceptors (Lipinski definition) is 2. The second kappa shape index (κ2) is 5.10. The minimum absolute atomic E-state index is 0.503. The smallest absolute Gasteiger partial charge is 0.0266 e. The third-order valence-corrected chi connectivity index (χ3v) is 6.62. The summed E-state index contributed by atoms with van der Waals surface area (Å²) in [4.78, 5) is 2.73. The molecule has 114 valence electrons. The Morgan fingerprint density at radius 1 is 1.19 bits per heavy atom. The quantitative estimate of drug-likeness (QED) is 0.897. The SMILES string of the molecule is CN1[C@H]2C[C@]3(C)[C@@H](CCCC[C@@H]13)N[C@@H]2Cc1ccccc1. The Labute approximate surface area is 128 Å². The van der Waals surface area contributed by atoms with Crippen LogP contribution in [0.1, 0.15) is 44.6 Å². The van der Waals surface area contributed by atoms with Crippen molar-refractivity contribution in [3.8, 4) is 0 Å². The molecular formula is C19H28N2. The van der Waals surface area contributed by atoms with Crippen LogP contribution in [0.25, 0.3) is 0 Å². The summed E-state index contributed by atoms with van der Waals surface area (Å²) in [5, 5.41) is 4.06. The van der Waals surface area contributed by atoms with Crippen LogP contribution in [0.3, 0.4) is 0 Å². The number of hydrogen-bond donors (Lipinski definition) is 1. The van der Waals surface area contributed by atoms with E-state index in [4.69, 9.17) is 0 Å². The molecule has 1 N–H and O–H groups in total. The van der Waals surface area contributed by atoms with Crippen molar-refractivity contribution in [3.63, 3.8) is 0 Å². The number of likely N-dealkylation sites (N-methyl/N-ethyl adjacent to an activating group) is 1. The highest BCUT2D eigenvalue weighted by Gasteiger charge is 2.57. The fourth-order valence-corrected chi connectivity index (χ4v) is 5.48. The van der Waals surface area contributed by atoms with Gasteiger partial charge >= 0.3 is 0 Å². The summed E-state index contributed by atoms with van der Waals surface area (Å²) in [5.74, 6) is 0. The van der Waals surface area contributed by atoms with Gasteiger partial charge in [0.25, 0.3) is 0 Å². The van der Waals surface area contributed by atoms with E-state index in [0.717, 1.165) is 18.1 Å². The van der Waals surface area contributed by atoms with Crippen LogP contribution in [0.2, 0.25) is 0 Å². The monoisotopic (exact) mass is 284 g/mol. The third kappa shape index (κ3) is 2.15. The van der Waals surface area contributed by atoms with E-state index in [1.54, 1.807) is 0 Å². The van der Waals surface area contributed by atoms with Gasteiger partial charge in [-0.05, 0) is 43.7 Å². The van der Waals surface area contributed by atoms with Crippen molar-refractivity contribution in [2.75, 3.05) is 7.05 Å². The normalized spacial score (nSPS) is 42.8. The predicted molar refractivity (Wildman–Crippen MR) is 87.4 cm³/mol. The van der Waals surface area contributed by atoms with Gasteiger partial charge in [-0.15, -0.1) is 0 Å². The van der Waals surface area contributed by atoms with Crippen LogP contribution in [0.15, 0.2) is 30.3 Å². The van der Waals surface area contributed by atoms with E-state index in [2.05, 4.69) is 54.5 Å². The van der Waals surface area contributed by atoms with Crippen LogP contribution in [-0.4, -0.2) is 36.1 Å². The van der Waals surface area contributed by atoms with Gasteiger partial charge in [0, 0.05) is 24.2 Å². The maximum absolute atomic E-state index is 4.06. The average Bonchev–Trinajstić information content (AvgIpc) is 2.61. The summed E-state index contributed by atoms with van der Waals surface area (Å²) in [5.41, 5.74) is 1.98. The summed E-state index contributed by atoms with van der Waals surface area (Å²) in [6.45, 7) is 2.55. The second-order valence-electron chi connectivity index (χ2n) is 7.76. The molecule has 3 aliphatic rings. The van der Waals surface area contributed by atoms with Crippen LogP contribution in [0.4, 0.5) is 0 Å². The average molecular weight is 284 g/mol. The van der Waals surface area contributed by atoms with Gasteiger partial charge in [0.1, 0.15) is 0 Å². The van der Waals surface area contributed by atoms with Gasteiger partial charge in [-0.3, -0.25) is 4.90 Å². The summed E-state index contributed by atoms with van der Waals surface area (Å²) in [6, 6.07) is 13.9. The molecule has 2 heteroatoms. The van der Waals surface area contributed by atoms with Gasteiger partial charge < -0.3 is 5.32 Å². The zero-order valence-electron chi connectivity index (χ0n) is 13.4. The highest BCUT2D eigenvalue weighted by Crippen LogP contribution is 2.51. The van der Waals surface area contributed by atoms with E-state index in [9.17, 15) is 0 Å². The summed E-state index contributed by atoms with van der Waals surface area (Å²) < 4.78 is 0. The molecule has 0 spiro atoms. The topological polar surface area (TPSA) is 15.3 Å². The zero-order valence-corrected chi connectivity index (χ0v) is 13.4. The van der Waals surface area contributed by atoms with Gasteiger partial charge in [-0.2, -0.15) is 0 Å². The largest absolute Gasteiger partial charge is 0.309 e. The van der Waals surface area contributed by atoms with Crippen LogP contribution in [-0.2, 0) is 6.42 Å². The van der Waals surface area contributed by atoms with Crippen molar-refractivity contribution in [3.05, 3.63) is 35.9 Å². The van der Waals surface area contributed by atoms with Gasteiger partial charge in [-0.25, -0.2) is 0 Å². The summed E-state index contributed by atoms with van der Waals surface area (Å²) in [6.07, 6.45) is 8.16. The molecule has 2 aliphatic heterocycles. The van der Waals surface area contributed by atoms with Crippen molar-refractivity contribution >= 4 is 0 Å². The minimum atomic E-state index is 0.503. The number of nitrogens with zero attached hydrogens (tertiary/aromatic N) is 1. The van der Waals surface area contributed by atoms with Gasteiger partial charge in [0.05, 0.1) is 0 Å². The van der Waals surface area contributed by atoms with E-state index in [1.165, 1.54) is 44.1 Å². The molecule has 5 atom stereocenters. The first kappa shape index (κ1) is 13.8. The second-order valence-corrected chi connectivity index (χ2v) is 7.76. The summed E-state index contributed by atoms with van der Waals surface area (Å²) in [7, 11) is 2.38. The first-order valence-electron chi connectivity index (χ1n) is 8.70. The number of rotatable bonds is 2. The molecule has 0 amide bonds. The Kier molecular flexibility index (Phi) is 3.35. The number of nitrogens with one attached hydrogen (secondary N) is 1. The molecule has 0 aromatic heterocycles. The van der Waals surface area contributed by atoms with Crippen molar-refractivity contribution in [2.24, 2.45) is 5.41 Å². The standard InChI is InChI=1S/C19H28N2/c1-19-13-16-15(12-14-8-4-3-5-9-14)20-17(19)10-6-7-11-18(19)21(16)2/h3-5,8-9,15-18,20H,6-7,10-13H2,1-2H3/t15-,16+,17-,18-,19-/m1/s1. The van der Waals surface area contributed by atoms with Crippen molar-refractivity contribution in [1.82, 2.24) is 10.2 Å². The molecule has 4 rings (SSSR count). The molecule has 0 unspecified atom stereocenters. The van der Waals surface area contributed by atoms with E-state index in [0.29, 0.717) is 11.5 Å². The zero-order chi connectivity index (χ0) is 14.4. The predicted octanol–water partition coefficient (Wildman–Crippen LogP) is 3.22. The number of piperidine rings is 1. The molecule has 2 bridgehead atoms. The number of benzene rings is 1. The van der Waals surface area contributed by atoms with Gasteiger partial charge in [-0.1, -0.05) is 50.1 Å². The van der Waals surface area contributed by atoms with Crippen molar-refractivity contribution in [1.29, 1.82) is 0 Å². The van der Waals surface area contributed by atoms with E-state index < -0.39 is 0 Å². The molecule has 2 heterocycles. The van der Waals surface area contributed by atoms with Crippen molar-refractivity contribution in [2.45, 2.75) is 69.6 Å². The Morgan fingerprint density at radius 3 is 2.76 bits per heavy atom. The van der Waals surface area contributed by atoms with E-state index in [-0.39, 0.29) is 0 Å². The van der Waals surface area contributed by atoms with Crippen molar-refractivity contribution < 1.29 is 0 Å². The lowest BCUT2D eigenvalue weighted by Crippen LogP contribution is -2.57. The van der Waals surface area contributed by atoms with Crippen LogP contribution < -0.4 is 5.32 Å². The molecule has 2 saturated heterocycles. The van der Waals surface area contributed by atoms with Crippen LogP contribution >= 0.6 is 0 Å². The first-order chi connectivity index (χ1) is 10.2. The lowest BCUT2D eigenvalue weighted by molar-refractivity contribution is 0.142. The maximum atomic E-state index is 4.06. The lowest BCUT2D eigenvalue weighted by atomic mass is 9.70. The molecule has 1 aliphatic carbocycles. The molecule has 21 heavy (non-hydrogen) atoms. The fourth-order valence-electron chi connectivity index (χ4n) is 5.48. The Hall–Kier alpha value is -0.860. The Balaban J connectivity index is 1.61. The Bertz CT molecular complexity index is 500. The summed E-state index contributed by atoms with van der Waals surface area (Å²) >= 11 is 0. The highest BCUT2D eigenvalue weighted by atomic mass is 15.3.